The largest absolute Gasteiger partial charge is 0.464 e. The van der Waals surface area contributed by atoms with Crippen molar-refractivity contribution in [1.29, 1.82) is 0 Å². The average molecular weight is 272 g/mol. The van der Waals surface area contributed by atoms with Crippen molar-refractivity contribution in [3.63, 3.8) is 0 Å². The number of benzene rings is 1. The summed E-state index contributed by atoms with van der Waals surface area (Å²) in [6.07, 6.45) is 0. The van der Waals surface area contributed by atoms with Crippen LogP contribution in [0.5, 0.6) is 0 Å². The molecule has 0 radical (unpaired) electrons. The van der Waals surface area contributed by atoms with E-state index in [1.54, 1.807) is 0 Å². The summed E-state index contributed by atoms with van der Waals surface area (Å²) in [5, 5.41) is 3.16. The Morgan fingerprint density at radius 3 is 2.55 bits per heavy atom. The van der Waals surface area contributed by atoms with Gasteiger partial charge in [0, 0.05) is 24.8 Å². The third-order valence-electron chi connectivity index (χ3n) is 3.60. The van der Waals surface area contributed by atoms with E-state index in [-0.39, 0.29) is 0 Å². The van der Waals surface area contributed by atoms with Crippen LogP contribution in [0.2, 0.25) is 0 Å². The molecule has 0 aliphatic heterocycles. The molecule has 3 nitrogen and oxygen atoms in total. The number of furan rings is 1. The molecule has 0 atom stereocenters. The van der Waals surface area contributed by atoms with Gasteiger partial charge in [-0.15, -0.1) is 0 Å². The van der Waals surface area contributed by atoms with Crippen LogP contribution in [0.4, 0.5) is 5.69 Å². The minimum atomic E-state index is 0.786. The lowest BCUT2D eigenvalue weighted by Gasteiger charge is -2.20. The molecule has 0 bridgehead atoms. The molecule has 0 saturated heterocycles. The molecule has 0 saturated carbocycles. The Hall–Kier alpha value is -1.74. The fourth-order valence-electron chi connectivity index (χ4n) is 2.58. The second kappa shape index (κ2) is 6.14. The van der Waals surface area contributed by atoms with Gasteiger partial charge < -0.3 is 14.6 Å². The Bertz CT molecular complexity index is 587. The van der Waals surface area contributed by atoms with Gasteiger partial charge in [0.1, 0.15) is 11.5 Å². The fraction of sp³-hybridized carbons (Fsp3) is 0.412. The second-order valence-electron chi connectivity index (χ2n) is 5.47. The molecule has 2 aromatic rings. The number of anilines is 1. The Labute approximate surface area is 121 Å². The highest BCUT2D eigenvalue weighted by molar-refractivity contribution is 5.53. The first-order valence-electron chi connectivity index (χ1n) is 7.02. The van der Waals surface area contributed by atoms with E-state index < -0.39 is 0 Å². The molecule has 20 heavy (non-hydrogen) atoms. The maximum atomic E-state index is 5.84. The number of nitrogens with zero attached hydrogens (tertiary/aromatic N) is 1. The monoisotopic (exact) mass is 272 g/mol. The summed E-state index contributed by atoms with van der Waals surface area (Å²) in [5.41, 5.74) is 5.08. The number of aryl methyl sites for hydroxylation is 3. The minimum Gasteiger partial charge on any atom is -0.464 e. The van der Waals surface area contributed by atoms with Gasteiger partial charge in [-0.25, -0.2) is 0 Å². The van der Waals surface area contributed by atoms with Crippen LogP contribution in [0, 0.1) is 20.8 Å². The van der Waals surface area contributed by atoms with Crippen LogP contribution in [0.1, 0.15) is 28.2 Å². The number of nitrogens with one attached hydrogen (secondary N) is 1. The van der Waals surface area contributed by atoms with Gasteiger partial charge in [-0.2, -0.15) is 0 Å². The van der Waals surface area contributed by atoms with Crippen LogP contribution in [0.15, 0.2) is 28.7 Å². The van der Waals surface area contributed by atoms with Gasteiger partial charge >= 0.3 is 0 Å². The lowest BCUT2D eigenvalue weighted by Crippen LogP contribution is -2.17. The number of hydrogen-bond acceptors (Lipinski definition) is 3. The maximum Gasteiger partial charge on any atom is 0.123 e. The SMILES string of the molecule is CNCc1cc(CN(C)c2ccc(C)cc2C)oc1C. The van der Waals surface area contributed by atoms with E-state index in [1.807, 2.05) is 14.0 Å². The molecule has 0 unspecified atom stereocenters. The third-order valence-corrected chi connectivity index (χ3v) is 3.60. The Morgan fingerprint density at radius 1 is 1.15 bits per heavy atom. The Morgan fingerprint density at radius 2 is 1.90 bits per heavy atom. The summed E-state index contributed by atoms with van der Waals surface area (Å²) < 4.78 is 5.84. The highest BCUT2D eigenvalue weighted by Gasteiger charge is 2.11. The van der Waals surface area contributed by atoms with E-state index in [4.69, 9.17) is 4.42 Å². The van der Waals surface area contributed by atoms with Crippen LogP contribution in [0.3, 0.4) is 0 Å². The molecular weight excluding hydrogens is 248 g/mol. The van der Waals surface area contributed by atoms with Crippen molar-refractivity contribution in [1.82, 2.24) is 5.32 Å². The van der Waals surface area contributed by atoms with Gasteiger partial charge in [0.15, 0.2) is 0 Å². The quantitative estimate of drug-likeness (QED) is 0.902. The smallest absolute Gasteiger partial charge is 0.123 e. The molecular formula is C17H24N2O. The van der Waals surface area contributed by atoms with Crippen LogP contribution in [-0.4, -0.2) is 14.1 Å². The zero-order valence-corrected chi connectivity index (χ0v) is 13.1. The molecule has 1 N–H and O–H groups in total. The van der Waals surface area contributed by atoms with Crippen molar-refractivity contribution in [2.75, 3.05) is 19.0 Å². The van der Waals surface area contributed by atoms with E-state index in [0.29, 0.717) is 0 Å². The summed E-state index contributed by atoms with van der Waals surface area (Å²) in [7, 11) is 4.06. The summed E-state index contributed by atoms with van der Waals surface area (Å²) in [4.78, 5) is 2.23. The summed E-state index contributed by atoms with van der Waals surface area (Å²) in [6.45, 7) is 7.93. The summed E-state index contributed by atoms with van der Waals surface area (Å²) >= 11 is 0. The first-order valence-corrected chi connectivity index (χ1v) is 7.02. The van der Waals surface area contributed by atoms with Gasteiger partial charge in [0.05, 0.1) is 6.54 Å². The first kappa shape index (κ1) is 14.7. The molecule has 0 fully saturated rings. The summed E-state index contributed by atoms with van der Waals surface area (Å²) in [5.74, 6) is 2.01. The minimum absolute atomic E-state index is 0.786. The van der Waals surface area contributed by atoms with Gasteiger partial charge in [0.2, 0.25) is 0 Å². The molecule has 1 aromatic heterocycles. The molecule has 108 valence electrons. The second-order valence-corrected chi connectivity index (χ2v) is 5.47. The first-order chi connectivity index (χ1) is 9.51. The van der Waals surface area contributed by atoms with Crippen molar-refractivity contribution in [3.05, 3.63) is 52.5 Å². The van der Waals surface area contributed by atoms with Crippen molar-refractivity contribution < 1.29 is 4.42 Å². The van der Waals surface area contributed by atoms with Crippen LogP contribution < -0.4 is 10.2 Å². The zero-order valence-electron chi connectivity index (χ0n) is 13.1. The van der Waals surface area contributed by atoms with Gasteiger partial charge in [-0.3, -0.25) is 0 Å². The average Bonchev–Trinajstić information content (AvgIpc) is 2.70. The molecule has 0 aliphatic carbocycles. The van der Waals surface area contributed by atoms with Crippen molar-refractivity contribution in [3.8, 4) is 0 Å². The Balaban J connectivity index is 2.14. The normalized spacial score (nSPS) is 10.8. The molecule has 1 heterocycles. The van der Waals surface area contributed by atoms with Crippen LogP contribution in [-0.2, 0) is 13.1 Å². The maximum absolute atomic E-state index is 5.84. The fourth-order valence-corrected chi connectivity index (χ4v) is 2.58. The lowest BCUT2D eigenvalue weighted by atomic mass is 10.1. The molecule has 2 rings (SSSR count). The zero-order chi connectivity index (χ0) is 14.7. The highest BCUT2D eigenvalue weighted by Crippen LogP contribution is 2.23. The molecule has 1 aromatic carbocycles. The van der Waals surface area contributed by atoms with Gasteiger partial charge in [-0.1, -0.05) is 17.7 Å². The van der Waals surface area contributed by atoms with Crippen LogP contribution >= 0.6 is 0 Å². The van der Waals surface area contributed by atoms with Crippen molar-refractivity contribution in [2.45, 2.75) is 33.9 Å². The summed E-state index contributed by atoms with van der Waals surface area (Å²) in [6, 6.07) is 8.69. The van der Waals surface area contributed by atoms with Crippen molar-refractivity contribution in [2.24, 2.45) is 0 Å². The van der Waals surface area contributed by atoms with E-state index in [2.05, 4.69) is 55.4 Å². The standard InChI is InChI=1S/C17H24N2O/c1-12-6-7-17(13(2)8-12)19(5)11-16-9-15(10-18-4)14(3)20-16/h6-9,18H,10-11H2,1-5H3. The Kier molecular flexibility index (Phi) is 4.50. The van der Waals surface area contributed by atoms with Gasteiger partial charge in [0.25, 0.3) is 0 Å². The van der Waals surface area contributed by atoms with E-state index in [0.717, 1.165) is 24.6 Å². The molecule has 0 amide bonds. The molecule has 0 aliphatic rings. The number of hydrogen-bond donors (Lipinski definition) is 1. The number of rotatable bonds is 5. The van der Waals surface area contributed by atoms with E-state index in [1.165, 1.54) is 22.4 Å². The van der Waals surface area contributed by atoms with Gasteiger partial charge in [-0.05, 0) is 45.5 Å². The third kappa shape index (κ3) is 3.23. The molecule has 3 heteroatoms. The van der Waals surface area contributed by atoms with E-state index >= 15 is 0 Å². The van der Waals surface area contributed by atoms with Crippen molar-refractivity contribution >= 4 is 5.69 Å². The molecule has 0 spiro atoms. The predicted molar refractivity (Wildman–Crippen MR) is 84.2 cm³/mol. The topological polar surface area (TPSA) is 28.4 Å². The lowest BCUT2D eigenvalue weighted by molar-refractivity contribution is 0.478. The predicted octanol–water partition coefficient (Wildman–Crippen LogP) is 3.56. The van der Waals surface area contributed by atoms with E-state index in [9.17, 15) is 0 Å². The van der Waals surface area contributed by atoms with Crippen LogP contribution in [0.25, 0.3) is 0 Å². The highest BCUT2D eigenvalue weighted by atomic mass is 16.3.